The zero-order valence-electron chi connectivity index (χ0n) is 4.98. The van der Waals surface area contributed by atoms with Gasteiger partial charge in [0, 0.05) is 18.3 Å². The first kappa shape index (κ1) is 6.29. The van der Waals surface area contributed by atoms with Gasteiger partial charge in [-0.05, 0) is 12.2 Å². The number of aromatic amines is 2. The van der Waals surface area contributed by atoms with Gasteiger partial charge in [-0.1, -0.05) is 6.08 Å². The third-order valence-corrected chi connectivity index (χ3v) is 1.24. The van der Waals surface area contributed by atoms with Crippen LogP contribution in [-0.2, 0) is 6.42 Å². The minimum atomic E-state index is 0.673. The lowest BCUT2D eigenvalue weighted by Gasteiger charge is -1.82. The van der Waals surface area contributed by atoms with Gasteiger partial charge in [0.15, 0.2) is 4.77 Å². The third kappa shape index (κ3) is 1.54. The fourth-order valence-corrected chi connectivity index (χ4v) is 0.826. The Morgan fingerprint density at radius 3 is 3.00 bits per heavy atom. The first-order valence-electron chi connectivity index (χ1n) is 2.70. The number of allylic oxidation sites excluding steroid dienone is 1. The number of imidazole rings is 1. The molecule has 0 fully saturated rings. The Kier molecular flexibility index (Phi) is 1.85. The maximum atomic E-state index is 4.80. The van der Waals surface area contributed by atoms with Gasteiger partial charge in [0.2, 0.25) is 0 Å². The van der Waals surface area contributed by atoms with Crippen molar-refractivity contribution in [3.8, 4) is 0 Å². The molecule has 0 atom stereocenters. The van der Waals surface area contributed by atoms with E-state index in [2.05, 4.69) is 16.5 Å². The molecule has 9 heavy (non-hydrogen) atoms. The summed E-state index contributed by atoms with van der Waals surface area (Å²) in [6.45, 7) is 3.60. The molecule has 0 saturated carbocycles. The molecule has 0 aliphatic rings. The number of H-pyrrole nitrogens is 2. The molecule has 3 heteroatoms. The predicted molar refractivity (Wildman–Crippen MR) is 39.9 cm³/mol. The summed E-state index contributed by atoms with van der Waals surface area (Å²) in [4.78, 5) is 5.83. The lowest BCUT2D eigenvalue weighted by atomic mass is 10.3. The summed E-state index contributed by atoms with van der Waals surface area (Å²) in [5.41, 5.74) is 1.08. The number of rotatable bonds is 2. The summed E-state index contributed by atoms with van der Waals surface area (Å²) in [7, 11) is 0. The van der Waals surface area contributed by atoms with Crippen molar-refractivity contribution in [3.63, 3.8) is 0 Å². The van der Waals surface area contributed by atoms with Gasteiger partial charge in [0.1, 0.15) is 0 Å². The summed E-state index contributed by atoms with van der Waals surface area (Å²) in [5.74, 6) is 0. The first-order chi connectivity index (χ1) is 4.33. The van der Waals surface area contributed by atoms with E-state index < -0.39 is 0 Å². The third-order valence-electron chi connectivity index (χ3n) is 1.02. The van der Waals surface area contributed by atoms with Gasteiger partial charge in [-0.25, -0.2) is 0 Å². The van der Waals surface area contributed by atoms with Crippen molar-refractivity contribution >= 4 is 12.2 Å². The molecule has 0 radical (unpaired) electrons. The van der Waals surface area contributed by atoms with Crippen LogP contribution >= 0.6 is 12.2 Å². The first-order valence-corrected chi connectivity index (χ1v) is 3.11. The lowest BCUT2D eigenvalue weighted by molar-refractivity contribution is 1.14. The molecule has 2 N–H and O–H groups in total. The minimum Gasteiger partial charge on any atom is -0.337 e. The molecule has 0 spiro atoms. The SMILES string of the molecule is C=CCc1c[nH]c(=S)[nH]1. The second kappa shape index (κ2) is 2.64. The number of hydrogen-bond acceptors (Lipinski definition) is 1. The van der Waals surface area contributed by atoms with E-state index in [9.17, 15) is 0 Å². The van der Waals surface area contributed by atoms with Crippen LogP contribution in [0, 0.1) is 4.77 Å². The van der Waals surface area contributed by atoms with Crippen molar-refractivity contribution in [3.05, 3.63) is 29.3 Å². The standard InChI is InChI=1S/C6H8N2S/c1-2-3-5-4-7-6(9)8-5/h2,4H,1,3H2,(H2,7,8,9). The highest BCUT2D eigenvalue weighted by Gasteiger charge is 1.86. The van der Waals surface area contributed by atoms with Crippen LogP contribution in [0.15, 0.2) is 18.9 Å². The maximum Gasteiger partial charge on any atom is 0.174 e. The summed E-state index contributed by atoms with van der Waals surface area (Å²) in [6, 6.07) is 0. The monoisotopic (exact) mass is 140 g/mol. The van der Waals surface area contributed by atoms with Crippen molar-refractivity contribution in [1.82, 2.24) is 9.97 Å². The van der Waals surface area contributed by atoms with Gasteiger partial charge < -0.3 is 9.97 Å². The quantitative estimate of drug-likeness (QED) is 0.476. The minimum absolute atomic E-state index is 0.673. The van der Waals surface area contributed by atoms with Crippen LogP contribution in [0.3, 0.4) is 0 Å². The Balaban J connectivity index is 2.84. The molecular weight excluding hydrogens is 132 g/mol. The summed E-state index contributed by atoms with van der Waals surface area (Å²) < 4.78 is 0.673. The van der Waals surface area contributed by atoms with E-state index in [1.807, 2.05) is 12.3 Å². The molecule has 1 heterocycles. The number of aromatic nitrogens is 2. The lowest BCUT2D eigenvalue weighted by Crippen LogP contribution is -1.76. The van der Waals surface area contributed by atoms with Crippen LogP contribution in [0.5, 0.6) is 0 Å². The molecule has 0 aliphatic heterocycles. The molecule has 0 aliphatic carbocycles. The van der Waals surface area contributed by atoms with Gasteiger partial charge in [-0.3, -0.25) is 0 Å². The van der Waals surface area contributed by atoms with E-state index in [4.69, 9.17) is 12.2 Å². The Bertz CT molecular complexity index is 246. The van der Waals surface area contributed by atoms with Crippen molar-refractivity contribution in [2.45, 2.75) is 6.42 Å². The highest BCUT2D eigenvalue weighted by Crippen LogP contribution is 1.93. The maximum absolute atomic E-state index is 4.80. The van der Waals surface area contributed by atoms with Gasteiger partial charge in [-0.15, -0.1) is 6.58 Å². The molecule has 0 saturated heterocycles. The number of hydrogen-bond donors (Lipinski definition) is 2. The molecular formula is C6H8N2S. The van der Waals surface area contributed by atoms with Crippen molar-refractivity contribution in [1.29, 1.82) is 0 Å². The highest BCUT2D eigenvalue weighted by atomic mass is 32.1. The van der Waals surface area contributed by atoms with Gasteiger partial charge >= 0.3 is 0 Å². The van der Waals surface area contributed by atoms with Gasteiger partial charge in [-0.2, -0.15) is 0 Å². The van der Waals surface area contributed by atoms with Crippen molar-refractivity contribution < 1.29 is 0 Å². The highest BCUT2D eigenvalue weighted by molar-refractivity contribution is 7.71. The molecule has 2 nitrogen and oxygen atoms in total. The molecule has 1 aromatic heterocycles. The fraction of sp³-hybridized carbons (Fsp3) is 0.167. The number of nitrogens with one attached hydrogen (secondary N) is 2. The summed E-state index contributed by atoms with van der Waals surface area (Å²) >= 11 is 4.80. The van der Waals surface area contributed by atoms with Crippen LogP contribution < -0.4 is 0 Å². The topological polar surface area (TPSA) is 31.6 Å². The molecule has 0 bridgehead atoms. The van der Waals surface area contributed by atoms with Gasteiger partial charge in [0.05, 0.1) is 0 Å². The summed E-state index contributed by atoms with van der Waals surface area (Å²) in [6.07, 6.45) is 4.52. The molecule has 0 amide bonds. The summed E-state index contributed by atoms with van der Waals surface area (Å²) in [5, 5.41) is 0. The van der Waals surface area contributed by atoms with E-state index in [0.29, 0.717) is 4.77 Å². The van der Waals surface area contributed by atoms with Gasteiger partial charge in [0.25, 0.3) is 0 Å². The normalized spacial score (nSPS) is 9.33. The smallest absolute Gasteiger partial charge is 0.174 e. The molecule has 48 valence electrons. The molecule has 0 unspecified atom stereocenters. The molecule has 1 aromatic rings. The van der Waals surface area contributed by atoms with Crippen LogP contribution in [-0.4, -0.2) is 9.97 Å². The Morgan fingerprint density at radius 1 is 1.78 bits per heavy atom. The Morgan fingerprint density at radius 2 is 2.56 bits per heavy atom. The van der Waals surface area contributed by atoms with Crippen molar-refractivity contribution in [2.24, 2.45) is 0 Å². The van der Waals surface area contributed by atoms with E-state index >= 15 is 0 Å². The van der Waals surface area contributed by atoms with Crippen LogP contribution in [0.4, 0.5) is 0 Å². The predicted octanol–water partition coefficient (Wildman–Crippen LogP) is 1.80. The van der Waals surface area contributed by atoms with E-state index in [0.717, 1.165) is 12.1 Å². The second-order valence-corrected chi connectivity index (χ2v) is 2.17. The van der Waals surface area contributed by atoms with E-state index in [1.165, 1.54) is 0 Å². The molecule has 1 rings (SSSR count). The zero-order valence-corrected chi connectivity index (χ0v) is 5.79. The Labute approximate surface area is 58.6 Å². The van der Waals surface area contributed by atoms with Crippen LogP contribution in [0.1, 0.15) is 5.69 Å². The van der Waals surface area contributed by atoms with Crippen molar-refractivity contribution in [2.75, 3.05) is 0 Å². The average Bonchev–Trinajstić information content (AvgIpc) is 2.17. The van der Waals surface area contributed by atoms with Crippen LogP contribution in [0.25, 0.3) is 0 Å². The largest absolute Gasteiger partial charge is 0.337 e. The Hall–Kier alpha value is -0.830. The second-order valence-electron chi connectivity index (χ2n) is 1.76. The van der Waals surface area contributed by atoms with E-state index in [-0.39, 0.29) is 0 Å². The molecule has 0 aromatic carbocycles. The van der Waals surface area contributed by atoms with Crippen LogP contribution in [0.2, 0.25) is 0 Å². The fourth-order valence-electron chi connectivity index (χ4n) is 0.636. The van der Waals surface area contributed by atoms with E-state index in [1.54, 1.807) is 0 Å². The average molecular weight is 140 g/mol. The zero-order chi connectivity index (χ0) is 6.69.